The Hall–Kier alpha value is -1.80. The van der Waals surface area contributed by atoms with E-state index in [2.05, 4.69) is 39.0 Å². The van der Waals surface area contributed by atoms with Gasteiger partial charge in [-0.3, -0.25) is 0 Å². The molecule has 0 bridgehead atoms. The third-order valence-electron chi connectivity index (χ3n) is 4.38. The molecule has 3 rings (SSSR count). The Balaban J connectivity index is 1.77. The lowest BCUT2D eigenvalue weighted by Crippen LogP contribution is -2.02. The zero-order valence-corrected chi connectivity index (χ0v) is 12.9. The Morgan fingerprint density at radius 3 is 2.52 bits per heavy atom. The number of benzene rings is 2. The van der Waals surface area contributed by atoms with Gasteiger partial charge in [0.1, 0.15) is 12.4 Å². The Kier molecular flexibility index (Phi) is 3.73. The summed E-state index contributed by atoms with van der Waals surface area (Å²) in [5, 5.41) is 9.84. The summed E-state index contributed by atoms with van der Waals surface area (Å²) >= 11 is 0. The van der Waals surface area contributed by atoms with Crippen LogP contribution < -0.4 is 4.74 Å². The van der Waals surface area contributed by atoms with Crippen molar-refractivity contribution >= 4 is 0 Å². The van der Waals surface area contributed by atoms with Crippen LogP contribution in [0, 0.1) is 20.8 Å². The molecule has 2 nitrogen and oxygen atoms in total. The molecule has 0 amide bonds. The van der Waals surface area contributed by atoms with Gasteiger partial charge in [-0.15, -0.1) is 0 Å². The van der Waals surface area contributed by atoms with Gasteiger partial charge in [0.05, 0.1) is 6.10 Å². The predicted molar refractivity (Wildman–Crippen MR) is 84.7 cm³/mol. The first-order chi connectivity index (χ1) is 10.0. The largest absolute Gasteiger partial charge is 0.489 e. The summed E-state index contributed by atoms with van der Waals surface area (Å²) < 4.78 is 5.97. The van der Waals surface area contributed by atoms with Crippen LogP contribution in [0.2, 0.25) is 0 Å². The van der Waals surface area contributed by atoms with Crippen molar-refractivity contribution in [2.45, 2.75) is 46.3 Å². The van der Waals surface area contributed by atoms with Crippen molar-refractivity contribution in [3.8, 4) is 5.75 Å². The summed E-state index contributed by atoms with van der Waals surface area (Å²) in [4.78, 5) is 0. The van der Waals surface area contributed by atoms with Crippen molar-refractivity contribution in [2.24, 2.45) is 0 Å². The molecule has 1 N–H and O–H groups in total. The number of rotatable bonds is 3. The van der Waals surface area contributed by atoms with Gasteiger partial charge in [-0.2, -0.15) is 0 Å². The Morgan fingerprint density at radius 2 is 1.81 bits per heavy atom. The molecule has 0 radical (unpaired) electrons. The SMILES string of the molecule is Cc1cc(C)c(COc2ccc3c(c2)CC[C@H]3O)c(C)c1. The van der Waals surface area contributed by atoms with Crippen LogP contribution in [0.5, 0.6) is 5.75 Å². The molecule has 0 fully saturated rings. The van der Waals surface area contributed by atoms with E-state index in [0.29, 0.717) is 6.61 Å². The van der Waals surface area contributed by atoms with Crippen LogP contribution in [0.15, 0.2) is 30.3 Å². The van der Waals surface area contributed by atoms with Crippen LogP contribution in [-0.2, 0) is 13.0 Å². The molecule has 0 saturated heterocycles. The third-order valence-corrected chi connectivity index (χ3v) is 4.38. The molecule has 2 heteroatoms. The van der Waals surface area contributed by atoms with E-state index in [4.69, 9.17) is 4.74 Å². The van der Waals surface area contributed by atoms with Gasteiger partial charge in [0, 0.05) is 0 Å². The lowest BCUT2D eigenvalue weighted by Gasteiger charge is -2.13. The van der Waals surface area contributed by atoms with Gasteiger partial charge < -0.3 is 9.84 Å². The molecule has 21 heavy (non-hydrogen) atoms. The Morgan fingerprint density at radius 1 is 1.10 bits per heavy atom. The number of ether oxygens (including phenoxy) is 1. The molecule has 2 aromatic carbocycles. The van der Waals surface area contributed by atoms with Crippen LogP contribution in [0.1, 0.15) is 45.9 Å². The number of hydrogen-bond donors (Lipinski definition) is 1. The van der Waals surface area contributed by atoms with Gasteiger partial charge in [-0.25, -0.2) is 0 Å². The van der Waals surface area contributed by atoms with Crippen LogP contribution in [0.4, 0.5) is 0 Å². The second-order valence-corrected chi connectivity index (χ2v) is 6.08. The number of fused-ring (bicyclic) bond motifs is 1. The molecule has 0 heterocycles. The molecular weight excluding hydrogens is 260 g/mol. The lowest BCUT2D eigenvalue weighted by molar-refractivity contribution is 0.180. The minimum atomic E-state index is -0.296. The van der Waals surface area contributed by atoms with Gasteiger partial charge in [-0.05, 0) is 73.6 Å². The highest BCUT2D eigenvalue weighted by molar-refractivity contribution is 5.41. The summed E-state index contributed by atoms with van der Waals surface area (Å²) in [6.07, 6.45) is 1.47. The molecule has 2 aromatic rings. The summed E-state index contributed by atoms with van der Waals surface area (Å²) in [5.41, 5.74) is 7.40. The molecule has 0 unspecified atom stereocenters. The maximum atomic E-state index is 9.84. The first kappa shape index (κ1) is 14.2. The third kappa shape index (κ3) is 2.81. The minimum Gasteiger partial charge on any atom is -0.489 e. The average molecular weight is 282 g/mol. The fraction of sp³-hybridized carbons (Fsp3) is 0.368. The van der Waals surface area contributed by atoms with Crippen molar-refractivity contribution in [3.05, 3.63) is 63.7 Å². The van der Waals surface area contributed by atoms with E-state index >= 15 is 0 Å². The molecular formula is C19H22O2. The molecule has 0 spiro atoms. The van der Waals surface area contributed by atoms with Gasteiger partial charge in [-0.1, -0.05) is 23.8 Å². The zero-order chi connectivity index (χ0) is 15.0. The highest BCUT2D eigenvalue weighted by Crippen LogP contribution is 2.33. The van der Waals surface area contributed by atoms with E-state index in [0.717, 1.165) is 24.2 Å². The normalized spacial score (nSPS) is 16.9. The fourth-order valence-electron chi connectivity index (χ4n) is 3.25. The topological polar surface area (TPSA) is 29.5 Å². The molecule has 0 aliphatic heterocycles. The van der Waals surface area contributed by atoms with Crippen molar-refractivity contribution < 1.29 is 9.84 Å². The van der Waals surface area contributed by atoms with E-state index < -0.39 is 0 Å². The minimum absolute atomic E-state index is 0.296. The van der Waals surface area contributed by atoms with Gasteiger partial charge >= 0.3 is 0 Å². The quantitative estimate of drug-likeness (QED) is 0.915. The summed E-state index contributed by atoms with van der Waals surface area (Å²) in [6.45, 7) is 6.99. The van der Waals surface area contributed by atoms with Crippen LogP contribution >= 0.6 is 0 Å². The molecule has 0 saturated carbocycles. The first-order valence-electron chi connectivity index (χ1n) is 7.55. The summed E-state index contributed by atoms with van der Waals surface area (Å²) in [5.74, 6) is 0.891. The summed E-state index contributed by atoms with van der Waals surface area (Å²) in [6, 6.07) is 10.4. The second kappa shape index (κ2) is 5.53. The van der Waals surface area contributed by atoms with Crippen LogP contribution in [0.25, 0.3) is 0 Å². The average Bonchev–Trinajstić information content (AvgIpc) is 2.79. The van der Waals surface area contributed by atoms with E-state index in [1.807, 2.05) is 12.1 Å². The van der Waals surface area contributed by atoms with E-state index in [1.165, 1.54) is 27.8 Å². The standard InChI is InChI=1S/C19H22O2/c1-12-8-13(2)18(14(3)9-12)11-21-16-5-6-17-15(10-16)4-7-19(17)20/h5-6,8-10,19-20H,4,7,11H2,1-3H3/t19-/m1/s1. The number of hydrogen-bond acceptors (Lipinski definition) is 2. The number of aliphatic hydroxyl groups is 1. The number of aryl methyl sites for hydroxylation is 4. The van der Waals surface area contributed by atoms with Crippen molar-refractivity contribution in [2.75, 3.05) is 0 Å². The fourth-order valence-corrected chi connectivity index (χ4v) is 3.25. The Labute approximate surface area is 126 Å². The molecule has 110 valence electrons. The predicted octanol–water partition coefficient (Wildman–Crippen LogP) is 4.17. The number of aliphatic hydroxyl groups excluding tert-OH is 1. The smallest absolute Gasteiger partial charge is 0.120 e. The van der Waals surface area contributed by atoms with Gasteiger partial charge in [0.25, 0.3) is 0 Å². The summed E-state index contributed by atoms with van der Waals surface area (Å²) in [7, 11) is 0. The Bertz CT molecular complexity index is 650. The van der Waals surface area contributed by atoms with E-state index in [9.17, 15) is 5.11 Å². The van der Waals surface area contributed by atoms with Crippen molar-refractivity contribution in [3.63, 3.8) is 0 Å². The van der Waals surface area contributed by atoms with Crippen molar-refractivity contribution in [1.29, 1.82) is 0 Å². The lowest BCUT2D eigenvalue weighted by atomic mass is 10.0. The van der Waals surface area contributed by atoms with Gasteiger partial charge in [0.2, 0.25) is 0 Å². The van der Waals surface area contributed by atoms with E-state index in [1.54, 1.807) is 0 Å². The zero-order valence-electron chi connectivity index (χ0n) is 12.9. The monoisotopic (exact) mass is 282 g/mol. The first-order valence-corrected chi connectivity index (χ1v) is 7.55. The highest BCUT2D eigenvalue weighted by atomic mass is 16.5. The molecule has 1 aliphatic carbocycles. The highest BCUT2D eigenvalue weighted by Gasteiger charge is 2.20. The molecule has 1 aliphatic rings. The second-order valence-electron chi connectivity index (χ2n) is 6.08. The van der Waals surface area contributed by atoms with Crippen LogP contribution in [0.3, 0.4) is 0 Å². The maximum Gasteiger partial charge on any atom is 0.120 e. The maximum absolute atomic E-state index is 9.84. The van der Waals surface area contributed by atoms with Crippen molar-refractivity contribution in [1.82, 2.24) is 0 Å². The molecule has 1 atom stereocenters. The van der Waals surface area contributed by atoms with Gasteiger partial charge in [0.15, 0.2) is 0 Å². The van der Waals surface area contributed by atoms with E-state index in [-0.39, 0.29) is 6.10 Å². The molecule has 0 aromatic heterocycles. The van der Waals surface area contributed by atoms with Crippen LogP contribution in [-0.4, -0.2) is 5.11 Å².